The van der Waals surface area contributed by atoms with Crippen molar-refractivity contribution in [2.24, 2.45) is 0 Å². The van der Waals surface area contributed by atoms with Crippen LogP contribution in [0.5, 0.6) is 0 Å². The Labute approximate surface area is 195 Å². The van der Waals surface area contributed by atoms with E-state index in [1.165, 1.54) is 41.0 Å². The Bertz CT molecular complexity index is 1220. The average Bonchev–Trinajstić information content (AvgIpc) is 2.84. The number of benzene rings is 2. The van der Waals surface area contributed by atoms with Gasteiger partial charge in [-0.1, -0.05) is 0 Å². The van der Waals surface area contributed by atoms with Gasteiger partial charge in [0.15, 0.2) is 0 Å². The van der Waals surface area contributed by atoms with Crippen LogP contribution in [0.15, 0.2) is 53.3 Å². The van der Waals surface area contributed by atoms with Crippen LogP contribution in [0.1, 0.15) is 11.3 Å². The summed E-state index contributed by atoms with van der Waals surface area (Å²) in [7, 11) is 0. The van der Waals surface area contributed by atoms with E-state index in [0.717, 1.165) is 5.69 Å². The molecule has 1 aromatic heterocycles. The van der Waals surface area contributed by atoms with Crippen molar-refractivity contribution in [1.82, 2.24) is 14.5 Å². The second-order valence-electron chi connectivity index (χ2n) is 8.22. The Balaban J connectivity index is 1.57. The van der Waals surface area contributed by atoms with Gasteiger partial charge in [0.25, 0.3) is 5.56 Å². The zero-order valence-electron chi connectivity index (χ0n) is 18.9. The molecule has 1 N–H and O–H groups in total. The topological polar surface area (TPSA) is 78.7 Å². The highest BCUT2D eigenvalue weighted by molar-refractivity contribution is 5.77. The van der Waals surface area contributed by atoms with Crippen LogP contribution in [0.25, 0.3) is 11.4 Å². The van der Waals surface area contributed by atoms with Gasteiger partial charge in [-0.15, -0.1) is 0 Å². The van der Waals surface area contributed by atoms with Gasteiger partial charge >= 0.3 is 0 Å². The largest absolute Gasteiger partial charge is 0.396 e. The molecule has 4 rings (SSSR count). The number of nitrogens with zero attached hydrogens (tertiary/aromatic N) is 4. The molecule has 34 heavy (non-hydrogen) atoms. The van der Waals surface area contributed by atoms with Crippen LogP contribution in [-0.2, 0) is 17.8 Å². The molecular weight excluding hydrogens is 442 g/mol. The summed E-state index contributed by atoms with van der Waals surface area (Å²) in [6, 6.07) is 11.8. The lowest BCUT2D eigenvalue weighted by molar-refractivity contribution is -0.132. The van der Waals surface area contributed by atoms with Crippen LogP contribution >= 0.6 is 0 Å². The molecule has 0 atom stereocenters. The van der Waals surface area contributed by atoms with Crippen LogP contribution in [0, 0.1) is 18.6 Å². The average molecular weight is 469 g/mol. The Morgan fingerprint density at radius 3 is 2.15 bits per heavy atom. The third kappa shape index (κ3) is 4.99. The SMILES string of the molecule is Cc1nc(-c2ccc(F)cc2)n(CC(=O)N2CCN(c3ccc(F)cc3)CC2)c(=O)c1CCO. The smallest absolute Gasteiger partial charge is 0.257 e. The maximum atomic E-state index is 13.5. The van der Waals surface area contributed by atoms with Gasteiger partial charge in [0, 0.05) is 61.7 Å². The predicted molar refractivity (Wildman–Crippen MR) is 125 cm³/mol. The molecule has 1 aliphatic rings. The predicted octanol–water partition coefficient (Wildman–Crippen LogP) is 2.38. The van der Waals surface area contributed by atoms with Crippen LogP contribution in [-0.4, -0.2) is 58.3 Å². The standard InChI is InChI=1S/C25H26F2N4O3/c1-17-22(10-15-32)25(34)31(24(28-17)18-2-4-19(26)5-3-18)16-23(33)30-13-11-29(12-14-30)21-8-6-20(27)7-9-21/h2-9,32H,10-16H2,1H3. The second-order valence-corrected chi connectivity index (χ2v) is 8.22. The number of halogens is 2. The fourth-order valence-corrected chi connectivity index (χ4v) is 4.17. The molecule has 0 saturated carbocycles. The minimum absolute atomic E-state index is 0.131. The number of aryl methyl sites for hydroxylation is 1. The molecule has 9 heteroatoms. The summed E-state index contributed by atoms with van der Waals surface area (Å²) in [5.41, 5.74) is 1.84. The van der Waals surface area contributed by atoms with Crippen molar-refractivity contribution >= 4 is 11.6 Å². The minimum Gasteiger partial charge on any atom is -0.396 e. The molecule has 7 nitrogen and oxygen atoms in total. The molecule has 3 aromatic rings. The molecule has 1 aliphatic heterocycles. The number of amides is 1. The van der Waals surface area contributed by atoms with Crippen LogP contribution < -0.4 is 10.5 Å². The number of carbonyl (C=O) groups excluding carboxylic acids is 1. The highest BCUT2D eigenvalue weighted by Gasteiger charge is 2.24. The van der Waals surface area contributed by atoms with Crippen molar-refractivity contribution in [3.8, 4) is 11.4 Å². The molecule has 2 aromatic carbocycles. The van der Waals surface area contributed by atoms with Gasteiger partial charge < -0.3 is 14.9 Å². The Morgan fingerprint density at radius 1 is 0.971 bits per heavy atom. The first-order valence-corrected chi connectivity index (χ1v) is 11.1. The normalized spacial score (nSPS) is 13.9. The number of aliphatic hydroxyl groups excluding tert-OH is 1. The monoisotopic (exact) mass is 468 g/mol. The highest BCUT2D eigenvalue weighted by atomic mass is 19.1. The Hall–Kier alpha value is -3.59. The van der Waals surface area contributed by atoms with Gasteiger partial charge in [0.05, 0.1) is 0 Å². The molecule has 0 spiro atoms. The number of hydrogen-bond acceptors (Lipinski definition) is 5. The van der Waals surface area contributed by atoms with Gasteiger partial charge in [-0.25, -0.2) is 13.8 Å². The minimum atomic E-state index is -0.415. The van der Waals surface area contributed by atoms with E-state index >= 15 is 0 Å². The van der Waals surface area contributed by atoms with E-state index in [1.54, 1.807) is 24.0 Å². The van der Waals surface area contributed by atoms with Crippen molar-refractivity contribution in [3.63, 3.8) is 0 Å². The van der Waals surface area contributed by atoms with E-state index in [2.05, 4.69) is 9.88 Å². The number of aromatic nitrogens is 2. The third-order valence-electron chi connectivity index (χ3n) is 6.05. The summed E-state index contributed by atoms with van der Waals surface area (Å²) in [6.07, 6.45) is 0.131. The molecule has 0 unspecified atom stereocenters. The Morgan fingerprint density at radius 2 is 1.56 bits per heavy atom. The fraction of sp³-hybridized carbons (Fsp3) is 0.320. The first-order chi connectivity index (χ1) is 16.4. The van der Waals surface area contributed by atoms with Crippen molar-refractivity contribution < 1.29 is 18.7 Å². The molecule has 178 valence electrons. The lowest BCUT2D eigenvalue weighted by Crippen LogP contribution is -2.50. The third-order valence-corrected chi connectivity index (χ3v) is 6.05. The zero-order chi connectivity index (χ0) is 24.2. The van der Waals surface area contributed by atoms with Crippen molar-refractivity contribution in [3.05, 3.63) is 81.8 Å². The summed E-state index contributed by atoms with van der Waals surface area (Å²) in [5, 5.41) is 9.38. The van der Waals surface area contributed by atoms with Gasteiger partial charge in [0.2, 0.25) is 5.91 Å². The molecule has 1 saturated heterocycles. The molecule has 0 bridgehead atoms. The van der Waals surface area contributed by atoms with E-state index < -0.39 is 5.82 Å². The molecule has 1 amide bonds. The van der Waals surface area contributed by atoms with Gasteiger partial charge in [0.1, 0.15) is 24.0 Å². The van der Waals surface area contributed by atoms with Crippen molar-refractivity contribution in [2.75, 3.05) is 37.7 Å². The van der Waals surface area contributed by atoms with Gasteiger partial charge in [-0.3, -0.25) is 14.2 Å². The molecule has 1 fully saturated rings. The van der Waals surface area contributed by atoms with Crippen LogP contribution in [0.3, 0.4) is 0 Å². The number of anilines is 1. The first kappa shape index (κ1) is 23.6. The van der Waals surface area contributed by atoms with Crippen molar-refractivity contribution in [2.45, 2.75) is 19.9 Å². The number of rotatable bonds is 6. The van der Waals surface area contributed by atoms with Crippen molar-refractivity contribution in [1.29, 1.82) is 0 Å². The maximum Gasteiger partial charge on any atom is 0.257 e. The number of carbonyl (C=O) groups is 1. The lowest BCUT2D eigenvalue weighted by atomic mass is 10.1. The van der Waals surface area contributed by atoms with E-state index in [0.29, 0.717) is 43.0 Å². The number of hydrogen-bond donors (Lipinski definition) is 1. The Kier molecular flexibility index (Phi) is 7.02. The number of aliphatic hydroxyl groups is 1. The summed E-state index contributed by atoms with van der Waals surface area (Å²) < 4.78 is 28.0. The fourth-order valence-electron chi connectivity index (χ4n) is 4.17. The van der Waals surface area contributed by atoms with Crippen LogP contribution in [0.4, 0.5) is 14.5 Å². The number of piperazine rings is 1. The van der Waals surface area contributed by atoms with E-state index in [-0.39, 0.29) is 42.7 Å². The highest BCUT2D eigenvalue weighted by Crippen LogP contribution is 2.20. The molecule has 0 radical (unpaired) electrons. The van der Waals surface area contributed by atoms with Gasteiger partial charge in [-0.05, 0) is 55.5 Å². The maximum absolute atomic E-state index is 13.5. The summed E-state index contributed by atoms with van der Waals surface area (Å²) in [6.45, 7) is 3.33. The first-order valence-electron chi connectivity index (χ1n) is 11.1. The second kappa shape index (κ2) is 10.1. The summed E-state index contributed by atoms with van der Waals surface area (Å²) >= 11 is 0. The van der Waals surface area contributed by atoms with E-state index in [4.69, 9.17) is 0 Å². The molecule has 0 aliphatic carbocycles. The summed E-state index contributed by atoms with van der Waals surface area (Å²) in [4.78, 5) is 34.7. The van der Waals surface area contributed by atoms with Crippen LogP contribution in [0.2, 0.25) is 0 Å². The molecular formula is C25H26F2N4O3. The quantitative estimate of drug-likeness (QED) is 0.601. The van der Waals surface area contributed by atoms with E-state index in [1.807, 2.05) is 0 Å². The van der Waals surface area contributed by atoms with Gasteiger partial charge in [-0.2, -0.15) is 0 Å². The zero-order valence-corrected chi connectivity index (χ0v) is 18.9. The van der Waals surface area contributed by atoms with E-state index in [9.17, 15) is 23.5 Å². The molecule has 2 heterocycles. The summed E-state index contributed by atoms with van der Waals surface area (Å²) in [5.74, 6) is -0.666. The lowest BCUT2D eigenvalue weighted by Gasteiger charge is -2.36.